The normalized spacial score (nSPS) is 18.9. The third-order valence-electron chi connectivity index (χ3n) is 3.06. The summed E-state index contributed by atoms with van der Waals surface area (Å²) in [7, 11) is 0. The standard InChI is InChI=1S/C13H12Cl2N2O3/c1-2-10-12(19)16-11(18)6-17(10)13(20)8-5-7(14)3-4-9(8)15/h3-5,10H,2,6H2,1H3,(H,16,18,19). The lowest BCUT2D eigenvalue weighted by atomic mass is 10.1. The van der Waals surface area contributed by atoms with E-state index < -0.39 is 23.8 Å². The average Bonchev–Trinajstić information content (AvgIpc) is 2.40. The molecule has 0 radical (unpaired) electrons. The highest BCUT2D eigenvalue weighted by Gasteiger charge is 2.36. The molecule has 5 nitrogen and oxygen atoms in total. The van der Waals surface area contributed by atoms with Crippen LogP contribution in [0.5, 0.6) is 0 Å². The Morgan fingerprint density at radius 1 is 1.40 bits per heavy atom. The Bertz CT molecular complexity index is 589. The quantitative estimate of drug-likeness (QED) is 0.847. The van der Waals surface area contributed by atoms with Crippen LogP contribution in [0.1, 0.15) is 23.7 Å². The molecule has 1 aromatic carbocycles. The van der Waals surface area contributed by atoms with Gasteiger partial charge in [0.05, 0.1) is 10.6 Å². The summed E-state index contributed by atoms with van der Waals surface area (Å²) in [5, 5.41) is 2.80. The van der Waals surface area contributed by atoms with Gasteiger partial charge in [0.25, 0.3) is 5.91 Å². The topological polar surface area (TPSA) is 66.5 Å². The lowest BCUT2D eigenvalue weighted by Gasteiger charge is -2.33. The van der Waals surface area contributed by atoms with Crippen molar-refractivity contribution < 1.29 is 14.4 Å². The molecule has 0 saturated carbocycles. The van der Waals surface area contributed by atoms with Crippen LogP contribution in [0.3, 0.4) is 0 Å². The molecule has 106 valence electrons. The van der Waals surface area contributed by atoms with E-state index in [9.17, 15) is 14.4 Å². The average molecular weight is 315 g/mol. The van der Waals surface area contributed by atoms with E-state index in [2.05, 4.69) is 5.32 Å². The van der Waals surface area contributed by atoms with Gasteiger partial charge in [-0.2, -0.15) is 0 Å². The number of hydrogen-bond donors (Lipinski definition) is 1. The highest BCUT2D eigenvalue weighted by atomic mass is 35.5. The zero-order chi connectivity index (χ0) is 14.9. The number of benzene rings is 1. The van der Waals surface area contributed by atoms with E-state index >= 15 is 0 Å². The van der Waals surface area contributed by atoms with E-state index in [1.807, 2.05) is 0 Å². The molecule has 1 atom stereocenters. The van der Waals surface area contributed by atoms with Crippen LogP contribution >= 0.6 is 23.2 Å². The molecule has 1 aliphatic heterocycles. The predicted molar refractivity (Wildman–Crippen MR) is 74.7 cm³/mol. The summed E-state index contributed by atoms with van der Waals surface area (Å²) in [4.78, 5) is 36.9. The molecule has 1 aliphatic rings. The van der Waals surface area contributed by atoms with Crippen LogP contribution in [-0.2, 0) is 9.59 Å². The molecule has 1 N–H and O–H groups in total. The fourth-order valence-corrected chi connectivity index (χ4v) is 2.47. The van der Waals surface area contributed by atoms with Crippen molar-refractivity contribution in [1.29, 1.82) is 0 Å². The van der Waals surface area contributed by atoms with Crippen LogP contribution in [0.4, 0.5) is 0 Å². The predicted octanol–water partition coefficient (Wildman–Crippen LogP) is 1.87. The minimum atomic E-state index is -0.685. The smallest absolute Gasteiger partial charge is 0.256 e. The van der Waals surface area contributed by atoms with Gasteiger partial charge in [-0.05, 0) is 24.6 Å². The summed E-state index contributed by atoms with van der Waals surface area (Å²) < 4.78 is 0. The first-order valence-corrected chi connectivity index (χ1v) is 6.79. The van der Waals surface area contributed by atoms with Gasteiger partial charge in [0.1, 0.15) is 12.6 Å². The lowest BCUT2D eigenvalue weighted by molar-refractivity contribution is -0.138. The Hall–Kier alpha value is -1.59. The van der Waals surface area contributed by atoms with Gasteiger partial charge in [0, 0.05) is 5.02 Å². The van der Waals surface area contributed by atoms with Crippen molar-refractivity contribution >= 4 is 40.9 Å². The highest BCUT2D eigenvalue weighted by Crippen LogP contribution is 2.24. The van der Waals surface area contributed by atoms with E-state index in [0.29, 0.717) is 11.4 Å². The molecule has 0 aromatic heterocycles. The van der Waals surface area contributed by atoms with Gasteiger partial charge in [0.15, 0.2) is 0 Å². The number of hydrogen-bond acceptors (Lipinski definition) is 3. The second kappa shape index (κ2) is 5.81. The van der Waals surface area contributed by atoms with Crippen molar-refractivity contribution in [3.05, 3.63) is 33.8 Å². The van der Waals surface area contributed by atoms with E-state index in [1.54, 1.807) is 13.0 Å². The summed E-state index contributed by atoms with van der Waals surface area (Å²) in [5.41, 5.74) is 0.181. The first kappa shape index (κ1) is 14.8. The number of carbonyl (C=O) groups excluding carboxylic acids is 3. The van der Waals surface area contributed by atoms with Crippen molar-refractivity contribution in [2.75, 3.05) is 6.54 Å². The van der Waals surface area contributed by atoms with Crippen molar-refractivity contribution in [1.82, 2.24) is 10.2 Å². The third kappa shape index (κ3) is 2.78. The maximum absolute atomic E-state index is 12.5. The molecule has 1 saturated heterocycles. The monoisotopic (exact) mass is 314 g/mol. The number of imide groups is 1. The number of carbonyl (C=O) groups is 3. The highest BCUT2D eigenvalue weighted by molar-refractivity contribution is 6.35. The van der Waals surface area contributed by atoms with Gasteiger partial charge in [-0.1, -0.05) is 30.1 Å². The molecular weight excluding hydrogens is 303 g/mol. The first-order valence-electron chi connectivity index (χ1n) is 6.03. The summed E-state index contributed by atoms with van der Waals surface area (Å²) in [6.07, 6.45) is 0.406. The van der Waals surface area contributed by atoms with E-state index in [1.165, 1.54) is 17.0 Å². The van der Waals surface area contributed by atoms with Crippen molar-refractivity contribution in [3.63, 3.8) is 0 Å². The molecule has 7 heteroatoms. The van der Waals surface area contributed by atoms with Crippen LogP contribution in [0.15, 0.2) is 18.2 Å². The van der Waals surface area contributed by atoms with Crippen molar-refractivity contribution in [3.8, 4) is 0 Å². The molecule has 1 unspecified atom stereocenters. The molecule has 3 amide bonds. The van der Waals surface area contributed by atoms with E-state index in [4.69, 9.17) is 23.2 Å². The Labute approximate surface area is 125 Å². The maximum Gasteiger partial charge on any atom is 0.256 e. The lowest BCUT2D eigenvalue weighted by Crippen LogP contribution is -2.59. The molecule has 0 bridgehead atoms. The first-order chi connectivity index (χ1) is 9.43. The summed E-state index contributed by atoms with van der Waals surface area (Å²) in [6.45, 7) is 1.59. The number of rotatable bonds is 2. The molecule has 0 aliphatic carbocycles. The van der Waals surface area contributed by atoms with Gasteiger partial charge >= 0.3 is 0 Å². The van der Waals surface area contributed by atoms with Crippen LogP contribution in [0, 0.1) is 0 Å². The number of halogens is 2. The Morgan fingerprint density at radius 3 is 2.75 bits per heavy atom. The van der Waals surface area contributed by atoms with Gasteiger partial charge in [0.2, 0.25) is 11.8 Å². The SMILES string of the molecule is CCC1C(=O)NC(=O)CN1C(=O)c1cc(Cl)ccc1Cl. The molecule has 20 heavy (non-hydrogen) atoms. The van der Waals surface area contributed by atoms with Gasteiger partial charge in [-0.3, -0.25) is 19.7 Å². The summed E-state index contributed by atoms with van der Waals surface area (Å²) in [5.74, 6) is -1.46. The molecule has 0 spiro atoms. The number of piperazine rings is 1. The van der Waals surface area contributed by atoms with Crippen molar-refractivity contribution in [2.24, 2.45) is 0 Å². The zero-order valence-electron chi connectivity index (χ0n) is 10.7. The molecular formula is C13H12Cl2N2O3. The Kier molecular flexibility index (Phi) is 4.30. The Balaban J connectivity index is 2.37. The minimum Gasteiger partial charge on any atom is -0.317 e. The van der Waals surface area contributed by atoms with Gasteiger partial charge < -0.3 is 4.90 Å². The molecule has 2 rings (SSSR count). The maximum atomic E-state index is 12.5. The van der Waals surface area contributed by atoms with Crippen LogP contribution in [-0.4, -0.2) is 35.2 Å². The fourth-order valence-electron chi connectivity index (χ4n) is 2.10. The molecule has 1 fully saturated rings. The van der Waals surface area contributed by atoms with Crippen LogP contribution in [0.2, 0.25) is 10.0 Å². The summed E-state index contributed by atoms with van der Waals surface area (Å²) >= 11 is 11.8. The second-order valence-corrected chi connectivity index (χ2v) is 5.24. The van der Waals surface area contributed by atoms with E-state index in [-0.39, 0.29) is 17.1 Å². The number of amides is 3. The number of nitrogens with zero attached hydrogens (tertiary/aromatic N) is 1. The zero-order valence-corrected chi connectivity index (χ0v) is 12.2. The Morgan fingerprint density at radius 2 is 2.10 bits per heavy atom. The second-order valence-electron chi connectivity index (χ2n) is 4.39. The van der Waals surface area contributed by atoms with Gasteiger partial charge in [-0.25, -0.2) is 0 Å². The largest absolute Gasteiger partial charge is 0.317 e. The van der Waals surface area contributed by atoms with Gasteiger partial charge in [-0.15, -0.1) is 0 Å². The van der Waals surface area contributed by atoms with E-state index in [0.717, 1.165) is 0 Å². The molecule has 1 heterocycles. The fraction of sp³-hybridized carbons (Fsp3) is 0.308. The van der Waals surface area contributed by atoms with Crippen LogP contribution < -0.4 is 5.32 Å². The van der Waals surface area contributed by atoms with Crippen LogP contribution in [0.25, 0.3) is 0 Å². The summed E-state index contributed by atoms with van der Waals surface area (Å²) in [6, 6.07) is 3.81. The number of nitrogens with one attached hydrogen (secondary N) is 1. The van der Waals surface area contributed by atoms with Crippen molar-refractivity contribution in [2.45, 2.75) is 19.4 Å². The molecule has 1 aromatic rings. The third-order valence-corrected chi connectivity index (χ3v) is 3.63. The minimum absolute atomic E-state index is 0.175.